The molecule has 3 heterocycles. The molecular formula is C21H21ClFN5O6. The number of nitrogens with zero attached hydrogens (tertiary/aromatic N) is 3. The van der Waals surface area contributed by atoms with Crippen LogP contribution < -0.4 is 11.1 Å². The van der Waals surface area contributed by atoms with E-state index in [0.29, 0.717) is 23.6 Å². The Morgan fingerprint density at radius 2 is 2.03 bits per heavy atom. The fourth-order valence-electron chi connectivity index (χ4n) is 4.33. The molecule has 1 aromatic heterocycles. The molecule has 2 fully saturated rings. The summed E-state index contributed by atoms with van der Waals surface area (Å²) < 4.78 is 36.4. The van der Waals surface area contributed by atoms with E-state index in [1.807, 2.05) is 0 Å². The van der Waals surface area contributed by atoms with E-state index in [9.17, 15) is 14.5 Å². The Kier molecular flexibility index (Phi) is 5.86. The molecule has 1 aromatic carbocycles. The van der Waals surface area contributed by atoms with Crippen LogP contribution in [-0.4, -0.2) is 65.3 Å². The van der Waals surface area contributed by atoms with Gasteiger partial charge in [0, 0.05) is 24.4 Å². The highest BCUT2D eigenvalue weighted by Gasteiger charge is 2.54. The van der Waals surface area contributed by atoms with Gasteiger partial charge in [0.15, 0.2) is 11.9 Å². The molecular weight excluding hydrogens is 473 g/mol. The van der Waals surface area contributed by atoms with E-state index in [-0.39, 0.29) is 41.8 Å². The monoisotopic (exact) mass is 493 g/mol. The van der Waals surface area contributed by atoms with Gasteiger partial charge in [0.25, 0.3) is 0 Å². The van der Waals surface area contributed by atoms with Crippen molar-refractivity contribution in [1.29, 1.82) is 0 Å². The lowest BCUT2D eigenvalue weighted by molar-refractivity contribution is -0.562. The molecule has 0 radical (unpaired) electrons. The average molecular weight is 494 g/mol. The number of rotatable bonds is 6. The van der Waals surface area contributed by atoms with Crippen molar-refractivity contribution in [2.24, 2.45) is 5.73 Å². The number of fused-ring (bicyclic) bond motifs is 2. The van der Waals surface area contributed by atoms with Gasteiger partial charge in [-0.1, -0.05) is 11.6 Å². The van der Waals surface area contributed by atoms with Gasteiger partial charge in [-0.05, 0) is 18.2 Å². The number of nitro groups is 1. The van der Waals surface area contributed by atoms with Crippen LogP contribution in [0.5, 0.6) is 0 Å². The Morgan fingerprint density at radius 3 is 2.74 bits per heavy atom. The summed E-state index contributed by atoms with van der Waals surface area (Å²) in [7, 11) is 1.57. The summed E-state index contributed by atoms with van der Waals surface area (Å²) in [6.07, 6.45) is 0.892. The number of halogens is 2. The van der Waals surface area contributed by atoms with Crippen LogP contribution in [-0.2, 0) is 25.4 Å². The lowest BCUT2D eigenvalue weighted by Gasteiger charge is -2.30. The Bertz CT molecular complexity index is 1170. The Labute approximate surface area is 198 Å². The number of anilines is 2. The third-order valence-corrected chi connectivity index (χ3v) is 6.46. The molecule has 0 amide bonds. The van der Waals surface area contributed by atoms with Crippen molar-refractivity contribution in [3.05, 3.63) is 62.5 Å². The van der Waals surface area contributed by atoms with E-state index >= 15 is 0 Å². The van der Waals surface area contributed by atoms with Crippen LogP contribution in [0.1, 0.15) is 11.3 Å². The Balaban J connectivity index is 1.46. The quantitative estimate of drug-likeness (QED) is 0.348. The SMILES string of the molecule is CO[C@@H]1CO[C@@H]2[C@H]1OC[C@@H]2OC1=Cc2ncnc(Nc3ccc(F)c(Cl)c3)c2CC1(N)[N+](=O)[O-]. The molecule has 13 heteroatoms. The van der Waals surface area contributed by atoms with Gasteiger partial charge in [0.1, 0.15) is 36.3 Å². The number of aromatic nitrogens is 2. The highest BCUT2D eigenvalue weighted by atomic mass is 35.5. The zero-order valence-corrected chi connectivity index (χ0v) is 18.7. The molecule has 3 aliphatic rings. The van der Waals surface area contributed by atoms with Crippen LogP contribution in [0.2, 0.25) is 5.02 Å². The molecule has 5 atom stereocenters. The number of hydrogen-bond donors (Lipinski definition) is 2. The molecule has 180 valence electrons. The van der Waals surface area contributed by atoms with Crippen LogP contribution in [0, 0.1) is 15.9 Å². The summed E-state index contributed by atoms with van der Waals surface area (Å²) in [6.45, 7) is 0.515. The zero-order valence-electron chi connectivity index (χ0n) is 17.9. The Morgan fingerprint density at radius 1 is 1.29 bits per heavy atom. The largest absolute Gasteiger partial charge is 0.480 e. The van der Waals surface area contributed by atoms with Gasteiger partial charge in [-0.15, -0.1) is 0 Å². The first-order chi connectivity index (χ1) is 16.3. The fraction of sp³-hybridized carbons (Fsp3) is 0.429. The third kappa shape index (κ3) is 3.87. The molecule has 11 nitrogen and oxygen atoms in total. The molecule has 0 saturated carbocycles. The topological polar surface area (TPSA) is 144 Å². The predicted octanol–water partition coefficient (Wildman–Crippen LogP) is 2.04. The zero-order chi connectivity index (χ0) is 24.0. The summed E-state index contributed by atoms with van der Waals surface area (Å²) in [6, 6.07) is 4.05. The minimum absolute atomic E-state index is 0.0572. The van der Waals surface area contributed by atoms with Crippen molar-refractivity contribution in [3.8, 4) is 0 Å². The summed E-state index contributed by atoms with van der Waals surface area (Å²) in [5, 5.41) is 15.0. The second-order valence-electron chi connectivity index (χ2n) is 8.23. The third-order valence-electron chi connectivity index (χ3n) is 6.17. The van der Waals surface area contributed by atoms with Crippen LogP contribution >= 0.6 is 11.6 Å². The van der Waals surface area contributed by atoms with Gasteiger partial charge >= 0.3 is 5.66 Å². The number of nitrogens with two attached hydrogens (primary N) is 1. The minimum Gasteiger partial charge on any atom is -0.480 e. The molecule has 1 unspecified atom stereocenters. The number of ether oxygens (including phenoxy) is 4. The molecule has 0 bridgehead atoms. The first-order valence-electron chi connectivity index (χ1n) is 10.4. The van der Waals surface area contributed by atoms with E-state index in [4.69, 9.17) is 36.3 Å². The molecule has 2 aromatic rings. The number of nitrogens with one attached hydrogen (secondary N) is 1. The molecule has 2 aliphatic heterocycles. The van der Waals surface area contributed by atoms with Crippen molar-refractivity contribution >= 4 is 29.2 Å². The van der Waals surface area contributed by atoms with Gasteiger partial charge in [-0.25, -0.2) is 14.4 Å². The summed E-state index contributed by atoms with van der Waals surface area (Å²) in [5.74, 6) is -0.346. The predicted molar refractivity (Wildman–Crippen MR) is 117 cm³/mol. The fourth-order valence-corrected chi connectivity index (χ4v) is 4.52. The van der Waals surface area contributed by atoms with E-state index in [1.165, 1.54) is 30.6 Å². The maximum atomic E-state index is 13.5. The molecule has 34 heavy (non-hydrogen) atoms. The lowest BCUT2D eigenvalue weighted by Crippen LogP contribution is -2.54. The van der Waals surface area contributed by atoms with Crippen LogP contribution in [0.25, 0.3) is 6.08 Å². The standard InChI is InChI=1S/C21H21ClFN5O6/c1-31-15-7-32-19-16(8-33-18(15)19)34-17-5-14-11(6-21(17,24)28(29)30)20(26-9-25-14)27-10-2-3-13(23)12(22)4-10/h2-5,9,15-16,18-19H,6-8,24H2,1H3,(H,25,26,27)/t15-,16+,18+,19+,21?/m1/s1. The van der Waals surface area contributed by atoms with E-state index in [1.54, 1.807) is 7.11 Å². The van der Waals surface area contributed by atoms with Gasteiger partial charge in [-0.2, -0.15) is 0 Å². The summed E-state index contributed by atoms with van der Waals surface area (Å²) in [5.41, 5.74) is 5.47. The van der Waals surface area contributed by atoms with Crippen LogP contribution in [0.15, 0.2) is 30.3 Å². The minimum atomic E-state index is -2.08. The van der Waals surface area contributed by atoms with Crippen LogP contribution in [0.4, 0.5) is 15.9 Å². The smallest absolute Gasteiger partial charge is 0.333 e. The maximum absolute atomic E-state index is 13.5. The highest BCUT2D eigenvalue weighted by molar-refractivity contribution is 6.31. The van der Waals surface area contributed by atoms with E-state index < -0.39 is 28.6 Å². The highest BCUT2D eigenvalue weighted by Crippen LogP contribution is 2.38. The van der Waals surface area contributed by atoms with E-state index in [2.05, 4.69) is 15.3 Å². The summed E-state index contributed by atoms with van der Waals surface area (Å²) >= 11 is 5.86. The second-order valence-corrected chi connectivity index (χ2v) is 8.64. The van der Waals surface area contributed by atoms with Gasteiger partial charge < -0.3 is 24.3 Å². The lowest BCUT2D eigenvalue weighted by atomic mass is 9.91. The first-order valence-corrected chi connectivity index (χ1v) is 10.8. The van der Waals surface area contributed by atoms with Gasteiger partial charge in [-0.3, -0.25) is 15.8 Å². The molecule has 2 saturated heterocycles. The van der Waals surface area contributed by atoms with Gasteiger partial charge in [0.05, 0.1) is 35.3 Å². The normalized spacial score (nSPS) is 29.8. The van der Waals surface area contributed by atoms with Gasteiger partial charge in [0.2, 0.25) is 0 Å². The maximum Gasteiger partial charge on any atom is 0.333 e. The average Bonchev–Trinajstić information content (AvgIpc) is 3.40. The number of hydrogen-bond acceptors (Lipinski definition) is 10. The Hall–Kier alpha value is -2.90. The summed E-state index contributed by atoms with van der Waals surface area (Å²) in [4.78, 5) is 19.9. The molecule has 1 aliphatic carbocycles. The molecule has 3 N–H and O–H groups in total. The first kappa shape index (κ1) is 22.9. The van der Waals surface area contributed by atoms with Crippen molar-refractivity contribution in [2.45, 2.75) is 36.5 Å². The van der Waals surface area contributed by atoms with E-state index in [0.717, 1.165) is 0 Å². The second kappa shape index (κ2) is 8.71. The van der Waals surface area contributed by atoms with Crippen molar-refractivity contribution < 1.29 is 28.3 Å². The van der Waals surface area contributed by atoms with Crippen molar-refractivity contribution in [3.63, 3.8) is 0 Å². The van der Waals surface area contributed by atoms with Crippen molar-refractivity contribution in [2.75, 3.05) is 25.6 Å². The molecule has 0 spiro atoms. The number of methoxy groups -OCH3 is 1. The molecule has 5 rings (SSSR count). The van der Waals surface area contributed by atoms with Crippen molar-refractivity contribution in [1.82, 2.24) is 9.97 Å². The van der Waals surface area contributed by atoms with Crippen LogP contribution in [0.3, 0.4) is 0 Å². The number of benzene rings is 1.